The lowest BCUT2D eigenvalue weighted by Crippen LogP contribution is -1.92. The number of rotatable bonds is 2. The fraction of sp³-hybridized carbons (Fsp3) is 0.0769. The fourth-order valence-corrected chi connectivity index (χ4v) is 1.78. The summed E-state index contributed by atoms with van der Waals surface area (Å²) < 4.78 is 13.5. The van der Waals surface area contributed by atoms with E-state index < -0.39 is 0 Å². The summed E-state index contributed by atoms with van der Waals surface area (Å²) in [5, 5.41) is 10.6. The van der Waals surface area contributed by atoms with Gasteiger partial charge in [-0.05, 0) is 31.2 Å². The highest BCUT2D eigenvalue weighted by molar-refractivity contribution is 5.91. The molecule has 3 aromatic rings. The number of anilines is 2. The lowest BCUT2D eigenvalue weighted by molar-refractivity contribution is 0.636. The minimum atomic E-state index is -0.310. The van der Waals surface area contributed by atoms with Crippen molar-refractivity contribution in [3.8, 4) is 0 Å². The first-order valence-corrected chi connectivity index (χ1v) is 5.56. The maximum atomic E-state index is 13.5. The summed E-state index contributed by atoms with van der Waals surface area (Å²) in [6, 6.07) is 8.68. The van der Waals surface area contributed by atoms with Gasteiger partial charge in [0, 0.05) is 11.1 Å². The molecule has 0 aliphatic rings. The Morgan fingerprint density at radius 2 is 2.11 bits per heavy atom. The molecule has 0 aliphatic heterocycles. The standard InChI is InChI=1S/C13H11FN4/c1-8-5-6-9(7-15-8)16-13-10-3-2-4-11(14)12(10)17-18-13/h2-7H,1H3,(H2,16,17,18). The molecule has 0 amide bonds. The maximum absolute atomic E-state index is 13.5. The van der Waals surface area contributed by atoms with Gasteiger partial charge in [0.1, 0.15) is 11.3 Å². The number of fused-ring (bicyclic) bond motifs is 1. The van der Waals surface area contributed by atoms with Gasteiger partial charge in [-0.15, -0.1) is 0 Å². The average Bonchev–Trinajstić information content (AvgIpc) is 2.77. The number of pyridine rings is 1. The lowest BCUT2D eigenvalue weighted by Gasteiger charge is -2.03. The topological polar surface area (TPSA) is 53.6 Å². The van der Waals surface area contributed by atoms with E-state index in [-0.39, 0.29) is 5.82 Å². The number of H-pyrrole nitrogens is 1. The summed E-state index contributed by atoms with van der Waals surface area (Å²) in [7, 11) is 0. The Kier molecular flexibility index (Phi) is 2.44. The van der Waals surface area contributed by atoms with E-state index in [1.165, 1.54) is 6.07 Å². The summed E-state index contributed by atoms with van der Waals surface area (Å²) in [5.41, 5.74) is 2.16. The van der Waals surface area contributed by atoms with E-state index in [4.69, 9.17) is 0 Å². The molecule has 18 heavy (non-hydrogen) atoms. The van der Waals surface area contributed by atoms with Crippen LogP contribution in [0, 0.1) is 12.7 Å². The molecule has 0 aliphatic carbocycles. The normalized spacial score (nSPS) is 10.8. The van der Waals surface area contributed by atoms with Crippen LogP contribution in [0.5, 0.6) is 0 Å². The Labute approximate surface area is 103 Å². The number of aryl methyl sites for hydroxylation is 1. The van der Waals surface area contributed by atoms with Crippen molar-refractivity contribution in [2.45, 2.75) is 6.92 Å². The van der Waals surface area contributed by atoms with E-state index in [1.807, 2.05) is 25.1 Å². The number of aromatic amines is 1. The monoisotopic (exact) mass is 242 g/mol. The molecular formula is C13H11FN4. The second kappa shape index (κ2) is 4.10. The first-order chi connectivity index (χ1) is 8.74. The minimum absolute atomic E-state index is 0.310. The number of hydrogen-bond acceptors (Lipinski definition) is 3. The fourth-order valence-electron chi connectivity index (χ4n) is 1.78. The van der Waals surface area contributed by atoms with Crippen molar-refractivity contribution in [3.05, 3.63) is 48.0 Å². The smallest absolute Gasteiger partial charge is 0.160 e. The molecule has 0 saturated carbocycles. The molecule has 0 bridgehead atoms. The Bertz CT molecular complexity index is 688. The molecule has 0 radical (unpaired) electrons. The first-order valence-electron chi connectivity index (χ1n) is 5.56. The molecule has 0 saturated heterocycles. The molecule has 0 unspecified atom stereocenters. The Morgan fingerprint density at radius 1 is 1.22 bits per heavy atom. The van der Waals surface area contributed by atoms with E-state index in [0.29, 0.717) is 11.3 Å². The Morgan fingerprint density at radius 3 is 2.89 bits per heavy atom. The zero-order valence-corrected chi connectivity index (χ0v) is 9.74. The molecule has 1 aromatic carbocycles. The number of hydrogen-bond donors (Lipinski definition) is 2. The van der Waals surface area contributed by atoms with Gasteiger partial charge in [0.05, 0.1) is 11.9 Å². The SMILES string of the molecule is Cc1ccc(Nc2n[nH]c3c(F)cccc23)cn1. The predicted molar refractivity (Wildman–Crippen MR) is 68.3 cm³/mol. The summed E-state index contributed by atoms with van der Waals surface area (Å²) in [6.07, 6.45) is 1.72. The zero-order chi connectivity index (χ0) is 12.5. The minimum Gasteiger partial charge on any atom is -0.337 e. The molecule has 2 heterocycles. The second-order valence-corrected chi connectivity index (χ2v) is 4.05. The third-order valence-electron chi connectivity index (χ3n) is 2.72. The van der Waals surface area contributed by atoms with Gasteiger partial charge in [-0.3, -0.25) is 10.1 Å². The van der Waals surface area contributed by atoms with Crippen LogP contribution in [0.25, 0.3) is 10.9 Å². The highest BCUT2D eigenvalue weighted by Gasteiger charge is 2.08. The van der Waals surface area contributed by atoms with Crippen LogP contribution in [0.4, 0.5) is 15.9 Å². The second-order valence-electron chi connectivity index (χ2n) is 4.05. The lowest BCUT2D eigenvalue weighted by atomic mass is 10.2. The molecule has 0 atom stereocenters. The average molecular weight is 242 g/mol. The summed E-state index contributed by atoms with van der Waals surface area (Å²) in [5.74, 6) is 0.283. The molecule has 0 fully saturated rings. The number of halogens is 1. The predicted octanol–water partition coefficient (Wildman–Crippen LogP) is 3.15. The molecule has 2 N–H and O–H groups in total. The van der Waals surface area contributed by atoms with Gasteiger partial charge < -0.3 is 5.32 Å². The van der Waals surface area contributed by atoms with Crippen LogP contribution < -0.4 is 5.32 Å². The van der Waals surface area contributed by atoms with E-state index in [2.05, 4.69) is 20.5 Å². The van der Waals surface area contributed by atoms with Crippen molar-refractivity contribution in [1.29, 1.82) is 0 Å². The quantitative estimate of drug-likeness (QED) is 0.725. The van der Waals surface area contributed by atoms with Crippen LogP contribution in [0.3, 0.4) is 0 Å². The largest absolute Gasteiger partial charge is 0.337 e. The van der Waals surface area contributed by atoms with Crippen molar-refractivity contribution in [3.63, 3.8) is 0 Å². The van der Waals surface area contributed by atoms with Gasteiger partial charge in [-0.2, -0.15) is 5.10 Å². The van der Waals surface area contributed by atoms with Gasteiger partial charge in [0.25, 0.3) is 0 Å². The van der Waals surface area contributed by atoms with E-state index >= 15 is 0 Å². The van der Waals surface area contributed by atoms with Gasteiger partial charge in [0.15, 0.2) is 5.82 Å². The maximum Gasteiger partial charge on any atom is 0.160 e. The van der Waals surface area contributed by atoms with E-state index in [9.17, 15) is 4.39 Å². The van der Waals surface area contributed by atoms with Crippen molar-refractivity contribution in [2.75, 3.05) is 5.32 Å². The van der Waals surface area contributed by atoms with Crippen molar-refractivity contribution >= 4 is 22.4 Å². The Balaban J connectivity index is 2.00. The number of nitrogens with one attached hydrogen (secondary N) is 2. The van der Waals surface area contributed by atoms with Crippen LogP contribution in [0.1, 0.15) is 5.69 Å². The highest BCUT2D eigenvalue weighted by Crippen LogP contribution is 2.24. The summed E-state index contributed by atoms with van der Waals surface area (Å²) in [4.78, 5) is 4.18. The van der Waals surface area contributed by atoms with Crippen LogP contribution in [-0.4, -0.2) is 15.2 Å². The van der Waals surface area contributed by atoms with Gasteiger partial charge >= 0.3 is 0 Å². The molecule has 4 nitrogen and oxygen atoms in total. The molecule has 3 rings (SSSR count). The van der Waals surface area contributed by atoms with Crippen molar-refractivity contribution < 1.29 is 4.39 Å². The third-order valence-corrected chi connectivity index (χ3v) is 2.72. The first kappa shape index (κ1) is 10.7. The van der Waals surface area contributed by atoms with Crippen LogP contribution >= 0.6 is 0 Å². The van der Waals surface area contributed by atoms with Crippen LogP contribution in [-0.2, 0) is 0 Å². The van der Waals surface area contributed by atoms with E-state index in [0.717, 1.165) is 16.8 Å². The van der Waals surface area contributed by atoms with Crippen LogP contribution in [0.2, 0.25) is 0 Å². The Hall–Kier alpha value is -2.43. The third kappa shape index (κ3) is 1.79. The van der Waals surface area contributed by atoms with Crippen molar-refractivity contribution in [1.82, 2.24) is 15.2 Å². The van der Waals surface area contributed by atoms with Crippen molar-refractivity contribution in [2.24, 2.45) is 0 Å². The molecular weight excluding hydrogens is 231 g/mol. The summed E-state index contributed by atoms with van der Waals surface area (Å²) in [6.45, 7) is 1.92. The van der Waals surface area contributed by atoms with Gasteiger partial charge in [-0.1, -0.05) is 6.07 Å². The zero-order valence-electron chi connectivity index (χ0n) is 9.74. The number of benzene rings is 1. The number of para-hydroxylation sites is 1. The molecule has 2 aromatic heterocycles. The molecule has 0 spiro atoms. The number of nitrogens with zero attached hydrogens (tertiary/aromatic N) is 2. The summed E-state index contributed by atoms with van der Waals surface area (Å²) >= 11 is 0. The highest BCUT2D eigenvalue weighted by atomic mass is 19.1. The van der Waals surface area contributed by atoms with Crippen LogP contribution in [0.15, 0.2) is 36.5 Å². The van der Waals surface area contributed by atoms with E-state index in [1.54, 1.807) is 12.3 Å². The molecule has 5 heteroatoms. The molecule has 90 valence electrons. The number of aromatic nitrogens is 3. The van der Waals surface area contributed by atoms with Gasteiger partial charge in [0.2, 0.25) is 0 Å². The van der Waals surface area contributed by atoms with Gasteiger partial charge in [-0.25, -0.2) is 4.39 Å².